The van der Waals surface area contributed by atoms with Gasteiger partial charge in [0, 0.05) is 6.61 Å². The molecule has 0 N–H and O–H groups in total. The molecule has 0 amide bonds. The molecule has 1 nitrogen and oxygen atoms in total. The maximum Gasteiger partial charge on any atom is 0.418 e. The second-order valence-corrected chi connectivity index (χ2v) is 3.56. The van der Waals surface area contributed by atoms with Crippen molar-refractivity contribution in [3.63, 3.8) is 0 Å². The lowest BCUT2D eigenvalue weighted by atomic mass is 10.1. The van der Waals surface area contributed by atoms with Gasteiger partial charge < -0.3 is 4.74 Å². The van der Waals surface area contributed by atoms with E-state index in [0.717, 1.165) is 6.42 Å². The molecule has 0 saturated carbocycles. The van der Waals surface area contributed by atoms with Gasteiger partial charge >= 0.3 is 6.18 Å². The van der Waals surface area contributed by atoms with Gasteiger partial charge in [-0.2, -0.15) is 13.2 Å². The standard InChI is InChI=1S/C12H15F3O/c1-2-3-9-16-11(12(13,14)15)10-7-5-4-6-8-10/h4-8,11H,2-3,9H2,1H3. The van der Waals surface area contributed by atoms with Gasteiger partial charge in [-0.15, -0.1) is 0 Å². The Morgan fingerprint density at radius 1 is 1.19 bits per heavy atom. The van der Waals surface area contributed by atoms with Gasteiger partial charge in [0.15, 0.2) is 6.10 Å². The molecule has 0 saturated heterocycles. The van der Waals surface area contributed by atoms with Crippen LogP contribution in [0, 0.1) is 0 Å². The molecule has 0 spiro atoms. The molecule has 16 heavy (non-hydrogen) atoms. The fourth-order valence-corrected chi connectivity index (χ4v) is 1.35. The Bertz CT molecular complexity index is 295. The number of alkyl halides is 3. The second kappa shape index (κ2) is 5.89. The smallest absolute Gasteiger partial charge is 0.364 e. The summed E-state index contributed by atoms with van der Waals surface area (Å²) in [5.41, 5.74) is 0.158. The maximum absolute atomic E-state index is 12.7. The highest BCUT2D eigenvalue weighted by Crippen LogP contribution is 2.35. The predicted molar refractivity (Wildman–Crippen MR) is 56.1 cm³/mol. The van der Waals surface area contributed by atoms with Gasteiger partial charge in [0.2, 0.25) is 0 Å². The number of rotatable bonds is 5. The molecule has 0 aliphatic heterocycles. The first kappa shape index (κ1) is 13.0. The van der Waals surface area contributed by atoms with Crippen molar-refractivity contribution in [2.45, 2.75) is 32.0 Å². The molecule has 1 atom stereocenters. The zero-order chi connectivity index (χ0) is 12.0. The summed E-state index contributed by atoms with van der Waals surface area (Å²) in [5.74, 6) is 0. The third-order valence-electron chi connectivity index (χ3n) is 2.18. The molecular weight excluding hydrogens is 217 g/mol. The van der Waals surface area contributed by atoms with E-state index in [1.165, 1.54) is 12.1 Å². The number of unbranched alkanes of at least 4 members (excludes halogenated alkanes) is 1. The van der Waals surface area contributed by atoms with Crippen molar-refractivity contribution in [2.24, 2.45) is 0 Å². The molecule has 0 aliphatic rings. The molecule has 1 rings (SSSR count). The fourth-order valence-electron chi connectivity index (χ4n) is 1.35. The number of hydrogen-bond acceptors (Lipinski definition) is 1. The van der Waals surface area contributed by atoms with Crippen LogP contribution in [0.2, 0.25) is 0 Å². The summed E-state index contributed by atoms with van der Waals surface area (Å²) < 4.78 is 43.0. The van der Waals surface area contributed by atoms with Crippen LogP contribution in [0.25, 0.3) is 0 Å². The number of hydrogen-bond donors (Lipinski definition) is 0. The van der Waals surface area contributed by atoms with Crippen LogP contribution in [-0.2, 0) is 4.74 Å². The van der Waals surface area contributed by atoms with Gasteiger partial charge in [-0.3, -0.25) is 0 Å². The summed E-state index contributed by atoms with van der Waals surface area (Å²) in [6, 6.07) is 7.71. The zero-order valence-electron chi connectivity index (χ0n) is 9.13. The topological polar surface area (TPSA) is 9.23 Å². The van der Waals surface area contributed by atoms with E-state index in [-0.39, 0.29) is 12.2 Å². The third-order valence-corrected chi connectivity index (χ3v) is 2.18. The Kier molecular flexibility index (Phi) is 4.80. The number of ether oxygens (including phenoxy) is 1. The van der Waals surface area contributed by atoms with E-state index >= 15 is 0 Å². The summed E-state index contributed by atoms with van der Waals surface area (Å²) in [4.78, 5) is 0. The van der Waals surface area contributed by atoms with Crippen LogP contribution in [-0.4, -0.2) is 12.8 Å². The van der Waals surface area contributed by atoms with Crippen molar-refractivity contribution in [3.05, 3.63) is 35.9 Å². The van der Waals surface area contributed by atoms with Crippen LogP contribution in [0.15, 0.2) is 30.3 Å². The molecule has 4 heteroatoms. The fraction of sp³-hybridized carbons (Fsp3) is 0.500. The van der Waals surface area contributed by atoms with Crippen molar-refractivity contribution in [1.82, 2.24) is 0 Å². The molecule has 0 aromatic heterocycles. The Hall–Kier alpha value is -1.03. The van der Waals surface area contributed by atoms with E-state index in [2.05, 4.69) is 0 Å². The van der Waals surface area contributed by atoms with E-state index in [4.69, 9.17) is 4.74 Å². The molecule has 0 fully saturated rings. The maximum atomic E-state index is 12.7. The van der Waals surface area contributed by atoms with Gasteiger partial charge in [0.1, 0.15) is 0 Å². The van der Waals surface area contributed by atoms with E-state index in [1.807, 2.05) is 6.92 Å². The average molecular weight is 232 g/mol. The Labute approximate surface area is 93.2 Å². The summed E-state index contributed by atoms with van der Waals surface area (Å²) >= 11 is 0. The summed E-state index contributed by atoms with van der Waals surface area (Å²) in [5, 5.41) is 0. The average Bonchev–Trinajstić information content (AvgIpc) is 2.24. The lowest BCUT2D eigenvalue weighted by molar-refractivity contribution is -0.224. The predicted octanol–water partition coefficient (Wildman–Crippen LogP) is 4.11. The van der Waals surface area contributed by atoms with Crippen molar-refractivity contribution in [3.8, 4) is 0 Å². The quantitative estimate of drug-likeness (QED) is 0.694. The lowest BCUT2D eigenvalue weighted by Crippen LogP contribution is -2.24. The van der Waals surface area contributed by atoms with Gasteiger partial charge in [-0.05, 0) is 12.0 Å². The molecule has 0 radical (unpaired) electrons. The first-order chi connectivity index (χ1) is 7.55. The van der Waals surface area contributed by atoms with Crippen LogP contribution in [0.4, 0.5) is 13.2 Å². The minimum atomic E-state index is -4.35. The van der Waals surface area contributed by atoms with Crippen LogP contribution in [0.3, 0.4) is 0 Å². The highest BCUT2D eigenvalue weighted by Gasteiger charge is 2.41. The highest BCUT2D eigenvalue weighted by atomic mass is 19.4. The van der Waals surface area contributed by atoms with Gasteiger partial charge in [0.25, 0.3) is 0 Å². The monoisotopic (exact) mass is 232 g/mol. The second-order valence-electron chi connectivity index (χ2n) is 3.56. The minimum Gasteiger partial charge on any atom is -0.364 e. The molecule has 1 unspecified atom stereocenters. The SMILES string of the molecule is CCCCOC(c1ccccc1)C(F)(F)F. The molecule has 90 valence electrons. The normalized spacial score (nSPS) is 13.8. The molecule has 1 aromatic carbocycles. The number of benzene rings is 1. The van der Waals surface area contributed by atoms with Crippen molar-refractivity contribution in [1.29, 1.82) is 0 Å². The lowest BCUT2D eigenvalue weighted by Gasteiger charge is -2.21. The highest BCUT2D eigenvalue weighted by molar-refractivity contribution is 5.18. The molecule has 0 aliphatic carbocycles. The first-order valence-electron chi connectivity index (χ1n) is 5.29. The largest absolute Gasteiger partial charge is 0.418 e. The van der Waals surface area contributed by atoms with E-state index in [9.17, 15) is 13.2 Å². The van der Waals surface area contributed by atoms with E-state index < -0.39 is 12.3 Å². The minimum absolute atomic E-state index is 0.134. The van der Waals surface area contributed by atoms with Crippen LogP contribution in [0.5, 0.6) is 0 Å². The van der Waals surface area contributed by atoms with Crippen molar-refractivity contribution < 1.29 is 17.9 Å². The van der Waals surface area contributed by atoms with Gasteiger partial charge in [0.05, 0.1) is 0 Å². The van der Waals surface area contributed by atoms with Gasteiger partial charge in [-0.1, -0.05) is 43.7 Å². The molecule has 0 bridgehead atoms. The number of halogens is 3. The Balaban J connectivity index is 2.73. The van der Waals surface area contributed by atoms with Crippen molar-refractivity contribution in [2.75, 3.05) is 6.61 Å². The summed E-state index contributed by atoms with van der Waals surface area (Å²) in [6.07, 6.45) is -4.70. The zero-order valence-corrected chi connectivity index (χ0v) is 9.13. The Morgan fingerprint density at radius 2 is 1.81 bits per heavy atom. The molecular formula is C12H15F3O. The van der Waals surface area contributed by atoms with Crippen molar-refractivity contribution >= 4 is 0 Å². The van der Waals surface area contributed by atoms with E-state index in [1.54, 1.807) is 18.2 Å². The van der Waals surface area contributed by atoms with Gasteiger partial charge in [-0.25, -0.2) is 0 Å². The first-order valence-corrected chi connectivity index (χ1v) is 5.29. The van der Waals surface area contributed by atoms with Crippen LogP contribution in [0.1, 0.15) is 31.4 Å². The Morgan fingerprint density at radius 3 is 2.31 bits per heavy atom. The third kappa shape index (κ3) is 3.85. The van der Waals surface area contributed by atoms with Crippen LogP contribution < -0.4 is 0 Å². The molecule has 1 aromatic rings. The summed E-state index contributed by atoms with van der Waals surface area (Å²) in [6.45, 7) is 2.05. The van der Waals surface area contributed by atoms with E-state index in [0.29, 0.717) is 6.42 Å². The van der Waals surface area contributed by atoms with Crippen LogP contribution >= 0.6 is 0 Å². The summed E-state index contributed by atoms with van der Waals surface area (Å²) in [7, 11) is 0. The molecule has 0 heterocycles.